The van der Waals surface area contributed by atoms with E-state index in [0.29, 0.717) is 47.4 Å². The number of rotatable bonds is 7. The van der Waals surface area contributed by atoms with Crippen molar-refractivity contribution in [1.82, 2.24) is 24.8 Å². The summed E-state index contributed by atoms with van der Waals surface area (Å²) in [7, 11) is -3.31. The van der Waals surface area contributed by atoms with Crippen molar-refractivity contribution in [3.63, 3.8) is 0 Å². The Labute approximate surface area is 231 Å². The van der Waals surface area contributed by atoms with E-state index in [2.05, 4.69) is 20.7 Å². The number of aryl methyl sites for hydroxylation is 1. The number of fused-ring (bicyclic) bond motifs is 3. The molecule has 4 heterocycles. The van der Waals surface area contributed by atoms with Gasteiger partial charge in [0.15, 0.2) is 5.60 Å². The maximum Gasteiger partial charge on any atom is 0.279 e. The lowest BCUT2D eigenvalue weighted by Gasteiger charge is -2.30. The Morgan fingerprint density at radius 3 is 2.77 bits per heavy atom. The van der Waals surface area contributed by atoms with Crippen molar-refractivity contribution in [3.8, 4) is 5.69 Å². The molecule has 0 bridgehead atoms. The van der Waals surface area contributed by atoms with Gasteiger partial charge in [-0.25, -0.2) is 0 Å². The third kappa shape index (κ3) is 4.18. The van der Waals surface area contributed by atoms with Crippen LogP contribution >= 0.6 is 0 Å². The molecular formula is C28H31FN6O4Si. The first-order valence-electron chi connectivity index (χ1n) is 13.4. The van der Waals surface area contributed by atoms with Crippen LogP contribution in [0, 0.1) is 5.92 Å². The smallest absolute Gasteiger partial charge is 0.279 e. The topological polar surface area (TPSA) is 124 Å². The van der Waals surface area contributed by atoms with E-state index in [9.17, 15) is 9.59 Å². The molecule has 1 spiro atoms. The molecule has 2 N–H and O–H groups in total. The summed E-state index contributed by atoms with van der Waals surface area (Å²) >= 11 is 0. The van der Waals surface area contributed by atoms with Gasteiger partial charge in [0.1, 0.15) is 0 Å². The SMILES string of the molecule is C[C@@H]1[C@@H]([Si](C)(C)F)[C@H](CCn2cc(CCO)nn2)O[C@@]12C(=O)Nc1ccc(-n3ncc4ccccc4c3=O)cc12. The number of aliphatic hydroxyl groups excluding tert-OH is 1. The van der Waals surface area contributed by atoms with E-state index in [0.717, 1.165) is 5.39 Å². The zero-order valence-electron chi connectivity index (χ0n) is 22.5. The molecular weight excluding hydrogens is 531 g/mol. The van der Waals surface area contributed by atoms with Crippen LogP contribution in [0.15, 0.2) is 59.7 Å². The van der Waals surface area contributed by atoms with Crippen LogP contribution in [0.2, 0.25) is 18.6 Å². The van der Waals surface area contributed by atoms with Crippen LogP contribution in [0.5, 0.6) is 0 Å². The van der Waals surface area contributed by atoms with Gasteiger partial charge in [0, 0.05) is 53.9 Å². The van der Waals surface area contributed by atoms with Crippen LogP contribution < -0.4 is 10.9 Å². The number of benzene rings is 2. The van der Waals surface area contributed by atoms with Crippen molar-refractivity contribution in [1.29, 1.82) is 0 Å². The average Bonchev–Trinajstić information content (AvgIpc) is 3.58. The van der Waals surface area contributed by atoms with Gasteiger partial charge in [-0.3, -0.25) is 14.3 Å². The van der Waals surface area contributed by atoms with Gasteiger partial charge in [-0.15, -0.1) is 5.10 Å². The number of nitrogens with zero attached hydrogens (tertiary/aromatic N) is 5. The van der Waals surface area contributed by atoms with Crippen LogP contribution in [-0.2, 0) is 28.1 Å². The number of carbonyl (C=O) groups excluding carboxylic acids is 1. The molecule has 208 valence electrons. The van der Waals surface area contributed by atoms with Gasteiger partial charge in [0.05, 0.1) is 29.1 Å². The minimum atomic E-state index is -3.31. The molecule has 0 radical (unpaired) electrons. The normalized spacial score (nSPS) is 24.1. The van der Waals surface area contributed by atoms with Crippen molar-refractivity contribution in [2.24, 2.45) is 5.92 Å². The van der Waals surface area contributed by atoms with Gasteiger partial charge in [-0.2, -0.15) is 9.78 Å². The number of nitrogens with one attached hydrogen (secondary N) is 1. The molecule has 1 fully saturated rings. The first kappa shape index (κ1) is 26.5. The molecule has 2 aliphatic rings. The van der Waals surface area contributed by atoms with Crippen molar-refractivity contribution in [2.45, 2.75) is 56.7 Å². The molecule has 2 aliphatic heterocycles. The molecule has 1 saturated heterocycles. The molecule has 12 heteroatoms. The predicted octanol–water partition coefficient (Wildman–Crippen LogP) is 3.33. The summed E-state index contributed by atoms with van der Waals surface area (Å²) in [5, 5.41) is 25.9. The van der Waals surface area contributed by atoms with E-state index in [-0.39, 0.29) is 18.1 Å². The van der Waals surface area contributed by atoms with E-state index in [1.165, 1.54) is 4.68 Å². The monoisotopic (exact) mass is 562 g/mol. The maximum absolute atomic E-state index is 15.9. The lowest BCUT2D eigenvalue weighted by atomic mass is 9.82. The number of hydrogen-bond donors (Lipinski definition) is 2. The van der Waals surface area contributed by atoms with Crippen LogP contribution in [-0.4, -0.2) is 56.9 Å². The molecule has 10 nitrogen and oxygen atoms in total. The molecule has 6 rings (SSSR count). The molecule has 0 aliphatic carbocycles. The first-order chi connectivity index (χ1) is 19.1. The second-order valence-corrected chi connectivity index (χ2v) is 14.9. The van der Waals surface area contributed by atoms with Gasteiger partial charge < -0.3 is 19.3 Å². The van der Waals surface area contributed by atoms with Crippen molar-refractivity contribution in [3.05, 3.63) is 76.5 Å². The number of halogens is 1. The zero-order valence-corrected chi connectivity index (χ0v) is 23.5. The third-order valence-electron chi connectivity index (χ3n) is 8.24. The quantitative estimate of drug-likeness (QED) is 0.262. The third-order valence-corrected chi connectivity index (χ3v) is 10.7. The number of ether oxygens (including phenoxy) is 1. The highest BCUT2D eigenvalue weighted by atomic mass is 28.4. The molecule has 0 unspecified atom stereocenters. The second-order valence-electron chi connectivity index (χ2n) is 11.1. The van der Waals surface area contributed by atoms with E-state index in [1.54, 1.807) is 60.5 Å². The molecule has 4 atom stereocenters. The average molecular weight is 563 g/mol. The van der Waals surface area contributed by atoms with Gasteiger partial charge in [-0.05, 0) is 43.8 Å². The van der Waals surface area contributed by atoms with Gasteiger partial charge >= 0.3 is 0 Å². The lowest BCUT2D eigenvalue weighted by molar-refractivity contribution is -0.143. The summed E-state index contributed by atoms with van der Waals surface area (Å²) < 4.78 is 25.5. The maximum atomic E-state index is 15.9. The highest BCUT2D eigenvalue weighted by Gasteiger charge is 2.65. The van der Waals surface area contributed by atoms with Crippen LogP contribution in [0.25, 0.3) is 16.5 Å². The Kier molecular flexibility index (Phi) is 6.43. The summed E-state index contributed by atoms with van der Waals surface area (Å²) in [6, 6.07) is 12.5. The fourth-order valence-corrected chi connectivity index (χ4v) is 9.01. The number of anilines is 1. The Bertz CT molecular complexity index is 1670. The van der Waals surface area contributed by atoms with Crippen LogP contribution in [0.1, 0.15) is 24.6 Å². The second kappa shape index (κ2) is 9.72. The summed E-state index contributed by atoms with van der Waals surface area (Å²) in [5.74, 6) is -0.787. The van der Waals surface area contributed by atoms with Crippen molar-refractivity contribution in [2.75, 3.05) is 11.9 Å². The van der Waals surface area contributed by atoms with Crippen molar-refractivity contribution < 1.29 is 18.7 Å². The van der Waals surface area contributed by atoms with E-state index < -0.39 is 31.6 Å². The Hall–Kier alpha value is -3.74. The van der Waals surface area contributed by atoms with Gasteiger partial charge in [-0.1, -0.05) is 30.3 Å². The lowest BCUT2D eigenvalue weighted by Crippen LogP contribution is -2.42. The highest BCUT2D eigenvalue weighted by Crippen LogP contribution is 2.59. The minimum absolute atomic E-state index is 0.0223. The van der Waals surface area contributed by atoms with Gasteiger partial charge in [0.25, 0.3) is 11.5 Å². The van der Waals surface area contributed by atoms with Crippen molar-refractivity contribution >= 4 is 30.8 Å². The summed E-state index contributed by atoms with van der Waals surface area (Å²) in [6.45, 7) is 5.60. The number of aromatic nitrogens is 5. The number of aliphatic hydroxyl groups is 1. The Morgan fingerprint density at radius 2 is 2.00 bits per heavy atom. The number of carbonyl (C=O) groups is 1. The molecule has 40 heavy (non-hydrogen) atoms. The largest absolute Gasteiger partial charge is 0.396 e. The van der Waals surface area contributed by atoms with Crippen LogP contribution in [0.4, 0.5) is 9.80 Å². The standard InChI is InChI=1S/C28H31FN6O4Si/c1-17-25(40(2,3)29)24(10-12-34-16-19(11-13-36)32-33-34)39-28(17)22-14-20(8-9-23(22)31-27(28)38)35-26(37)21-7-5-4-6-18(21)15-30-35/h4-9,14-17,24-25,36H,10-13H2,1-3H3,(H,31,38)/t17-,24+,25-,28+/m1/s1. The number of amides is 1. The molecule has 0 saturated carbocycles. The fraction of sp³-hybridized carbons (Fsp3) is 0.393. The zero-order chi connectivity index (χ0) is 28.2. The summed E-state index contributed by atoms with van der Waals surface area (Å²) in [6.07, 6.45) is 3.70. The first-order valence-corrected chi connectivity index (χ1v) is 16.4. The molecule has 4 aromatic rings. The Balaban J connectivity index is 1.38. The molecule has 2 aromatic heterocycles. The summed E-state index contributed by atoms with van der Waals surface area (Å²) in [5.41, 5.74) is 0.198. The van der Waals surface area contributed by atoms with E-state index >= 15 is 4.11 Å². The Morgan fingerprint density at radius 1 is 1.20 bits per heavy atom. The fourth-order valence-electron chi connectivity index (χ4n) is 6.47. The molecule has 2 aromatic carbocycles. The van der Waals surface area contributed by atoms with Crippen LogP contribution in [0.3, 0.4) is 0 Å². The van der Waals surface area contributed by atoms with E-state index in [1.807, 2.05) is 19.1 Å². The molecule has 1 amide bonds. The predicted molar refractivity (Wildman–Crippen MR) is 149 cm³/mol. The minimum Gasteiger partial charge on any atom is -0.396 e. The van der Waals surface area contributed by atoms with Gasteiger partial charge in [0.2, 0.25) is 8.41 Å². The highest BCUT2D eigenvalue weighted by molar-refractivity contribution is 6.72. The number of hydrogen-bond acceptors (Lipinski definition) is 7. The van der Waals surface area contributed by atoms with E-state index in [4.69, 9.17) is 9.84 Å². The summed E-state index contributed by atoms with van der Waals surface area (Å²) in [4.78, 5) is 26.9.